The Kier molecular flexibility index (Phi) is 6.49. The number of amides is 2. The highest BCUT2D eigenvalue weighted by Gasteiger charge is 2.04. The number of nitrogens with one attached hydrogen (secondary N) is 2. The van der Waals surface area contributed by atoms with Crippen molar-refractivity contribution in [1.82, 2.24) is 10.6 Å². The minimum Gasteiger partial charge on any atom is -0.496 e. The average Bonchev–Trinajstić information content (AvgIpc) is 2.56. The third-order valence-corrected chi connectivity index (χ3v) is 3.48. The monoisotopic (exact) mass is 328 g/mol. The molecule has 24 heavy (non-hydrogen) atoms. The van der Waals surface area contributed by atoms with Gasteiger partial charge in [0.1, 0.15) is 18.1 Å². The first-order chi connectivity index (χ1) is 11.6. The Bertz CT molecular complexity index is 666. The zero-order chi connectivity index (χ0) is 17.4. The zero-order valence-corrected chi connectivity index (χ0v) is 14.4. The zero-order valence-electron chi connectivity index (χ0n) is 14.4. The summed E-state index contributed by atoms with van der Waals surface area (Å²) in [6.45, 7) is 5.33. The lowest BCUT2D eigenvalue weighted by molar-refractivity contribution is 0.236. The van der Waals surface area contributed by atoms with E-state index in [1.165, 1.54) is 0 Å². The van der Waals surface area contributed by atoms with E-state index in [0.29, 0.717) is 19.7 Å². The smallest absolute Gasteiger partial charge is 0.315 e. The second kappa shape index (κ2) is 8.82. The molecule has 128 valence electrons. The van der Waals surface area contributed by atoms with Gasteiger partial charge >= 0.3 is 6.03 Å². The molecule has 5 nitrogen and oxygen atoms in total. The van der Waals surface area contributed by atoms with Gasteiger partial charge in [-0.2, -0.15) is 0 Å². The van der Waals surface area contributed by atoms with Gasteiger partial charge in [-0.1, -0.05) is 24.3 Å². The standard InChI is InChI=1S/C19H24N2O3/c1-14-10-15(2)12-17(11-14)24-9-8-20-19(22)21-13-16-6-4-5-7-18(16)23-3/h4-7,10-12H,8-9,13H2,1-3H3,(H2,20,21,22). The van der Waals surface area contributed by atoms with E-state index >= 15 is 0 Å². The summed E-state index contributed by atoms with van der Waals surface area (Å²) in [6.07, 6.45) is 0. The average molecular weight is 328 g/mol. The Morgan fingerprint density at radius 3 is 2.46 bits per heavy atom. The topological polar surface area (TPSA) is 59.6 Å². The van der Waals surface area contributed by atoms with Crippen LogP contribution in [0.2, 0.25) is 0 Å². The van der Waals surface area contributed by atoms with Crippen LogP contribution in [0.15, 0.2) is 42.5 Å². The second-order valence-corrected chi connectivity index (χ2v) is 5.59. The van der Waals surface area contributed by atoms with E-state index in [1.54, 1.807) is 7.11 Å². The molecule has 0 aromatic heterocycles. The van der Waals surface area contributed by atoms with Crippen LogP contribution < -0.4 is 20.1 Å². The normalized spacial score (nSPS) is 10.1. The number of hydrogen-bond acceptors (Lipinski definition) is 3. The molecule has 0 bridgehead atoms. The van der Waals surface area contributed by atoms with Crippen molar-refractivity contribution in [3.8, 4) is 11.5 Å². The molecule has 0 atom stereocenters. The van der Waals surface area contributed by atoms with Gasteiger partial charge < -0.3 is 20.1 Å². The number of carbonyl (C=O) groups is 1. The fraction of sp³-hybridized carbons (Fsp3) is 0.316. The van der Waals surface area contributed by atoms with E-state index in [0.717, 1.165) is 28.2 Å². The van der Waals surface area contributed by atoms with Gasteiger partial charge in [0, 0.05) is 12.1 Å². The molecule has 5 heteroatoms. The number of carbonyl (C=O) groups excluding carboxylic acids is 1. The van der Waals surface area contributed by atoms with Crippen molar-refractivity contribution in [2.75, 3.05) is 20.3 Å². The first-order valence-corrected chi connectivity index (χ1v) is 7.93. The van der Waals surface area contributed by atoms with Crippen LogP contribution in [0.5, 0.6) is 11.5 Å². The maximum Gasteiger partial charge on any atom is 0.315 e. The molecular weight excluding hydrogens is 304 g/mol. The molecule has 2 N–H and O–H groups in total. The number of para-hydroxylation sites is 1. The van der Waals surface area contributed by atoms with Crippen molar-refractivity contribution >= 4 is 6.03 Å². The van der Waals surface area contributed by atoms with Gasteiger partial charge in [0.05, 0.1) is 13.7 Å². The largest absolute Gasteiger partial charge is 0.496 e. The number of urea groups is 1. The molecule has 0 spiro atoms. The number of aryl methyl sites for hydroxylation is 2. The lowest BCUT2D eigenvalue weighted by Gasteiger charge is -2.11. The molecule has 0 fully saturated rings. The van der Waals surface area contributed by atoms with Gasteiger partial charge in [0.15, 0.2) is 0 Å². The minimum atomic E-state index is -0.232. The van der Waals surface area contributed by atoms with E-state index in [9.17, 15) is 4.79 Å². The first-order valence-electron chi connectivity index (χ1n) is 7.93. The summed E-state index contributed by atoms with van der Waals surface area (Å²) in [7, 11) is 1.61. The molecule has 0 saturated heterocycles. The van der Waals surface area contributed by atoms with Crippen LogP contribution >= 0.6 is 0 Å². The van der Waals surface area contributed by atoms with Gasteiger partial charge in [-0.05, 0) is 43.2 Å². The predicted octanol–water partition coefficient (Wildman–Crippen LogP) is 3.19. The van der Waals surface area contributed by atoms with Crippen molar-refractivity contribution in [1.29, 1.82) is 0 Å². The van der Waals surface area contributed by atoms with Gasteiger partial charge in [-0.25, -0.2) is 4.79 Å². The van der Waals surface area contributed by atoms with Crippen LogP contribution in [-0.4, -0.2) is 26.3 Å². The maximum atomic E-state index is 11.8. The molecule has 0 heterocycles. The van der Waals surface area contributed by atoms with Crippen molar-refractivity contribution < 1.29 is 14.3 Å². The molecule has 2 rings (SSSR count). The first kappa shape index (κ1) is 17.7. The summed E-state index contributed by atoms with van der Waals surface area (Å²) >= 11 is 0. The maximum absolute atomic E-state index is 11.8. The third kappa shape index (κ3) is 5.50. The molecule has 0 unspecified atom stereocenters. The molecule has 2 amide bonds. The lowest BCUT2D eigenvalue weighted by Crippen LogP contribution is -2.37. The van der Waals surface area contributed by atoms with Gasteiger partial charge in [-0.3, -0.25) is 0 Å². The highest BCUT2D eigenvalue weighted by Crippen LogP contribution is 2.17. The van der Waals surface area contributed by atoms with Crippen LogP contribution in [0.1, 0.15) is 16.7 Å². The lowest BCUT2D eigenvalue weighted by atomic mass is 10.1. The summed E-state index contributed by atoms with van der Waals surface area (Å²) in [6, 6.07) is 13.4. The SMILES string of the molecule is COc1ccccc1CNC(=O)NCCOc1cc(C)cc(C)c1. The van der Waals surface area contributed by atoms with E-state index in [2.05, 4.69) is 16.7 Å². The highest BCUT2D eigenvalue weighted by atomic mass is 16.5. The van der Waals surface area contributed by atoms with Crippen LogP contribution in [-0.2, 0) is 6.54 Å². The van der Waals surface area contributed by atoms with Crippen molar-refractivity contribution in [3.63, 3.8) is 0 Å². The van der Waals surface area contributed by atoms with E-state index < -0.39 is 0 Å². The van der Waals surface area contributed by atoms with E-state index in [1.807, 2.05) is 50.2 Å². The Balaban J connectivity index is 1.70. The van der Waals surface area contributed by atoms with Crippen LogP contribution in [0.4, 0.5) is 4.79 Å². The van der Waals surface area contributed by atoms with Crippen LogP contribution in [0.3, 0.4) is 0 Å². The van der Waals surface area contributed by atoms with Crippen molar-refractivity contribution in [2.24, 2.45) is 0 Å². The molecule has 0 aliphatic carbocycles. The quantitative estimate of drug-likeness (QED) is 0.768. The molecule has 0 aliphatic rings. The fourth-order valence-corrected chi connectivity index (χ4v) is 2.44. The highest BCUT2D eigenvalue weighted by molar-refractivity contribution is 5.73. The van der Waals surface area contributed by atoms with E-state index in [4.69, 9.17) is 9.47 Å². The Hall–Kier alpha value is -2.69. The van der Waals surface area contributed by atoms with Crippen molar-refractivity contribution in [2.45, 2.75) is 20.4 Å². The summed E-state index contributed by atoms with van der Waals surface area (Å²) < 4.78 is 10.9. The number of benzene rings is 2. The van der Waals surface area contributed by atoms with Gasteiger partial charge in [0.2, 0.25) is 0 Å². The third-order valence-electron chi connectivity index (χ3n) is 3.48. The Morgan fingerprint density at radius 1 is 1.04 bits per heavy atom. The van der Waals surface area contributed by atoms with Gasteiger partial charge in [0.25, 0.3) is 0 Å². The molecule has 2 aromatic rings. The van der Waals surface area contributed by atoms with Crippen LogP contribution in [0.25, 0.3) is 0 Å². The number of rotatable bonds is 7. The molecule has 2 aromatic carbocycles. The second-order valence-electron chi connectivity index (χ2n) is 5.59. The van der Waals surface area contributed by atoms with Gasteiger partial charge in [-0.15, -0.1) is 0 Å². The minimum absolute atomic E-state index is 0.232. The Morgan fingerprint density at radius 2 is 1.75 bits per heavy atom. The predicted molar refractivity (Wildman–Crippen MR) is 94.6 cm³/mol. The summed E-state index contributed by atoms with van der Waals surface area (Å²) in [5.74, 6) is 1.58. The number of hydrogen-bond donors (Lipinski definition) is 2. The fourth-order valence-electron chi connectivity index (χ4n) is 2.44. The molecule has 0 aliphatic heterocycles. The number of methoxy groups -OCH3 is 1. The van der Waals surface area contributed by atoms with Crippen molar-refractivity contribution in [3.05, 3.63) is 59.2 Å². The van der Waals surface area contributed by atoms with E-state index in [-0.39, 0.29) is 6.03 Å². The molecule has 0 saturated carbocycles. The number of ether oxygens (including phenoxy) is 2. The molecular formula is C19H24N2O3. The van der Waals surface area contributed by atoms with Crippen LogP contribution in [0, 0.1) is 13.8 Å². The molecule has 0 radical (unpaired) electrons. The Labute approximate surface area is 143 Å². The summed E-state index contributed by atoms with van der Waals surface area (Å²) in [5.41, 5.74) is 3.25. The summed E-state index contributed by atoms with van der Waals surface area (Å²) in [5, 5.41) is 5.58. The summed E-state index contributed by atoms with van der Waals surface area (Å²) in [4.78, 5) is 11.8.